The first-order valence-electron chi connectivity index (χ1n) is 10.0. The Bertz CT molecular complexity index is 1270. The van der Waals surface area contributed by atoms with Gasteiger partial charge in [-0.05, 0) is 25.0 Å². The molecule has 0 radical (unpaired) electrons. The molecule has 10 nitrogen and oxygen atoms in total. The van der Waals surface area contributed by atoms with Crippen LogP contribution in [-0.2, 0) is 16.1 Å². The first-order valence-corrected chi connectivity index (χ1v) is 10.0. The van der Waals surface area contributed by atoms with E-state index in [1.807, 2.05) is 30.3 Å². The maximum atomic E-state index is 12.7. The van der Waals surface area contributed by atoms with Crippen LogP contribution in [0.15, 0.2) is 58.0 Å². The van der Waals surface area contributed by atoms with Gasteiger partial charge >= 0.3 is 5.69 Å². The van der Waals surface area contributed by atoms with Gasteiger partial charge < -0.3 is 14.6 Å². The van der Waals surface area contributed by atoms with Crippen molar-refractivity contribution in [1.29, 1.82) is 0 Å². The molecule has 31 heavy (non-hydrogen) atoms. The Balaban J connectivity index is 1.40. The molecule has 4 heterocycles. The van der Waals surface area contributed by atoms with Gasteiger partial charge in [0.1, 0.15) is 6.54 Å². The molecule has 0 spiro atoms. The van der Waals surface area contributed by atoms with Crippen molar-refractivity contribution in [2.75, 3.05) is 13.2 Å². The van der Waals surface area contributed by atoms with Crippen molar-refractivity contribution in [3.8, 4) is 22.8 Å². The first kappa shape index (κ1) is 19.2. The van der Waals surface area contributed by atoms with E-state index in [-0.39, 0.29) is 24.4 Å². The van der Waals surface area contributed by atoms with Crippen molar-refractivity contribution in [2.24, 2.45) is 0 Å². The highest BCUT2D eigenvalue weighted by Crippen LogP contribution is 2.24. The normalized spacial score (nSPS) is 16.1. The van der Waals surface area contributed by atoms with Crippen molar-refractivity contribution in [3.05, 3.63) is 59.1 Å². The second-order valence-electron chi connectivity index (χ2n) is 7.28. The minimum absolute atomic E-state index is 0.0321. The molecule has 1 aliphatic heterocycles. The second kappa shape index (κ2) is 8.15. The van der Waals surface area contributed by atoms with Crippen LogP contribution in [0.1, 0.15) is 12.8 Å². The summed E-state index contributed by atoms with van der Waals surface area (Å²) in [6.45, 7) is 0.957. The summed E-state index contributed by atoms with van der Waals surface area (Å²) in [4.78, 5) is 29.5. The molecule has 1 fully saturated rings. The van der Waals surface area contributed by atoms with E-state index in [0.29, 0.717) is 23.6 Å². The monoisotopic (exact) mass is 420 g/mol. The Kier molecular flexibility index (Phi) is 5.04. The summed E-state index contributed by atoms with van der Waals surface area (Å²) in [6, 6.07) is 12.9. The standard InChI is InChI=1S/C21H20N6O4/c28-17(22-12-15-8-5-11-30-15)13-27-21(29)26-10-4-9-16(19(26)24-27)20-23-18(25-31-20)14-6-2-1-3-7-14/h1-4,6-7,9-10,15H,5,8,11-13H2,(H,22,28)/t15-/m0/s1. The van der Waals surface area contributed by atoms with Gasteiger partial charge in [-0.1, -0.05) is 35.5 Å². The van der Waals surface area contributed by atoms with Gasteiger partial charge in [0.2, 0.25) is 11.7 Å². The SMILES string of the molecule is O=C(Cn1nc2c(-c3nc(-c4ccccc4)no3)cccn2c1=O)NC[C@@H]1CCCO1. The number of hydrogen-bond acceptors (Lipinski definition) is 7. The molecule has 10 heteroatoms. The van der Waals surface area contributed by atoms with Crippen LogP contribution in [-0.4, -0.2) is 49.5 Å². The number of nitrogens with zero attached hydrogens (tertiary/aromatic N) is 5. The Morgan fingerprint density at radius 1 is 1.19 bits per heavy atom. The summed E-state index contributed by atoms with van der Waals surface area (Å²) in [6.07, 6.45) is 3.54. The number of benzene rings is 1. The number of ether oxygens (including phenoxy) is 1. The fourth-order valence-corrected chi connectivity index (χ4v) is 3.57. The molecule has 1 saturated heterocycles. The van der Waals surface area contributed by atoms with E-state index in [9.17, 15) is 9.59 Å². The molecular formula is C21H20N6O4. The smallest absolute Gasteiger partial charge is 0.350 e. The zero-order valence-corrected chi connectivity index (χ0v) is 16.6. The van der Waals surface area contributed by atoms with Gasteiger partial charge in [0.05, 0.1) is 11.7 Å². The van der Waals surface area contributed by atoms with Crippen molar-refractivity contribution >= 4 is 11.6 Å². The average Bonchev–Trinajstić information content (AvgIpc) is 3.55. The fraction of sp³-hybridized carbons (Fsp3) is 0.286. The van der Waals surface area contributed by atoms with E-state index in [2.05, 4.69) is 20.6 Å². The molecule has 5 rings (SSSR count). The lowest BCUT2D eigenvalue weighted by atomic mass is 10.2. The molecule has 0 aliphatic carbocycles. The Morgan fingerprint density at radius 2 is 2.06 bits per heavy atom. The molecule has 0 unspecified atom stereocenters. The number of aromatic nitrogens is 5. The Labute approximate surface area is 176 Å². The molecule has 1 N–H and O–H groups in total. The lowest BCUT2D eigenvalue weighted by molar-refractivity contribution is -0.122. The van der Waals surface area contributed by atoms with Gasteiger partial charge in [-0.25, -0.2) is 13.9 Å². The maximum Gasteiger partial charge on any atom is 0.350 e. The van der Waals surface area contributed by atoms with Crippen LogP contribution in [0.3, 0.4) is 0 Å². The summed E-state index contributed by atoms with van der Waals surface area (Å²) < 4.78 is 13.4. The number of carbonyl (C=O) groups excluding carboxylic acids is 1. The largest absolute Gasteiger partial charge is 0.376 e. The summed E-state index contributed by atoms with van der Waals surface area (Å²) in [5.41, 5.74) is 1.23. The van der Waals surface area contributed by atoms with Gasteiger partial charge in [-0.15, -0.1) is 5.10 Å². The molecule has 1 amide bonds. The molecule has 3 aromatic heterocycles. The van der Waals surface area contributed by atoms with Gasteiger partial charge in [0.25, 0.3) is 5.89 Å². The topological polar surface area (TPSA) is 117 Å². The van der Waals surface area contributed by atoms with E-state index in [4.69, 9.17) is 9.26 Å². The van der Waals surface area contributed by atoms with Gasteiger partial charge in [-0.2, -0.15) is 4.98 Å². The van der Waals surface area contributed by atoms with Crippen LogP contribution >= 0.6 is 0 Å². The number of hydrogen-bond donors (Lipinski definition) is 1. The number of nitrogens with one attached hydrogen (secondary N) is 1. The van der Waals surface area contributed by atoms with E-state index >= 15 is 0 Å². The minimum atomic E-state index is -0.424. The zero-order chi connectivity index (χ0) is 21.2. The molecule has 1 atom stereocenters. The zero-order valence-electron chi connectivity index (χ0n) is 16.6. The van der Waals surface area contributed by atoms with Crippen LogP contribution < -0.4 is 11.0 Å². The molecule has 4 aromatic rings. The highest BCUT2D eigenvalue weighted by atomic mass is 16.5. The lowest BCUT2D eigenvalue weighted by Gasteiger charge is -2.10. The number of pyridine rings is 1. The lowest BCUT2D eigenvalue weighted by Crippen LogP contribution is -2.36. The second-order valence-corrected chi connectivity index (χ2v) is 7.28. The quantitative estimate of drug-likeness (QED) is 0.502. The molecule has 1 aliphatic rings. The Morgan fingerprint density at radius 3 is 2.87 bits per heavy atom. The van der Waals surface area contributed by atoms with E-state index in [1.165, 1.54) is 4.40 Å². The third kappa shape index (κ3) is 3.84. The summed E-state index contributed by atoms with van der Waals surface area (Å²) in [7, 11) is 0. The van der Waals surface area contributed by atoms with Crippen molar-refractivity contribution < 1.29 is 14.1 Å². The molecule has 0 saturated carbocycles. The summed E-state index contributed by atoms with van der Waals surface area (Å²) >= 11 is 0. The third-order valence-electron chi connectivity index (χ3n) is 5.14. The van der Waals surface area contributed by atoms with Crippen molar-refractivity contribution in [1.82, 2.24) is 29.6 Å². The van der Waals surface area contributed by atoms with Crippen LogP contribution in [0.4, 0.5) is 0 Å². The summed E-state index contributed by atoms with van der Waals surface area (Å²) in [5, 5.41) is 11.2. The van der Waals surface area contributed by atoms with Crippen LogP contribution in [0.2, 0.25) is 0 Å². The van der Waals surface area contributed by atoms with Crippen molar-refractivity contribution in [3.63, 3.8) is 0 Å². The van der Waals surface area contributed by atoms with E-state index < -0.39 is 5.69 Å². The molecular weight excluding hydrogens is 400 g/mol. The minimum Gasteiger partial charge on any atom is -0.376 e. The number of carbonyl (C=O) groups is 1. The number of amides is 1. The van der Waals surface area contributed by atoms with Crippen LogP contribution in [0.5, 0.6) is 0 Å². The fourth-order valence-electron chi connectivity index (χ4n) is 3.57. The van der Waals surface area contributed by atoms with E-state index in [1.54, 1.807) is 18.3 Å². The van der Waals surface area contributed by atoms with Crippen LogP contribution in [0, 0.1) is 0 Å². The number of rotatable bonds is 6. The highest BCUT2D eigenvalue weighted by molar-refractivity contribution is 5.76. The van der Waals surface area contributed by atoms with Crippen molar-refractivity contribution in [2.45, 2.75) is 25.5 Å². The molecule has 0 bridgehead atoms. The highest BCUT2D eigenvalue weighted by Gasteiger charge is 2.20. The van der Waals surface area contributed by atoms with E-state index in [0.717, 1.165) is 29.7 Å². The van der Waals surface area contributed by atoms with Gasteiger partial charge in [0.15, 0.2) is 5.65 Å². The predicted molar refractivity (Wildman–Crippen MR) is 110 cm³/mol. The van der Waals surface area contributed by atoms with Crippen LogP contribution in [0.25, 0.3) is 28.5 Å². The predicted octanol–water partition coefficient (Wildman–Crippen LogP) is 1.51. The van der Waals surface area contributed by atoms with Gasteiger partial charge in [-0.3, -0.25) is 4.79 Å². The summed E-state index contributed by atoms with van der Waals surface area (Å²) in [5.74, 6) is 0.379. The average molecular weight is 420 g/mol. The van der Waals surface area contributed by atoms with Gasteiger partial charge in [0, 0.05) is 24.9 Å². The Hall–Kier alpha value is -3.79. The molecule has 158 valence electrons. The maximum absolute atomic E-state index is 12.7. The number of fused-ring (bicyclic) bond motifs is 1. The third-order valence-corrected chi connectivity index (χ3v) is 5.14. The molecule has 1 aromatic carbocycles. The first-order chi connectivity index (χ1) is 15.2.